The summed E-state index contributed by atoms with van der Waals surface area (Å²) < 4.78 is 0. The number of halogens is 2. The molecule has 0 heterocycles. The van der Waals surface area contributed by atoms with Gasteiger partial charge in [0.15, 0.2) is 0 Å². The van der Waals surface area contributed by atoms with E-state index in [1.54, 1.807) is 19.1 Å². The lowest BCUT2D eigenvalue weighted by Gasteiger charge is -2.03. The molecule has 0 aliphatic carbocycles. The molecule has 76 valence electrons. The summed E-state index contributed by atoms with van der Waals surface area (Å²) in [5.41, 5.74) is 1.01. The molecule has 3 heteroatoms. The molecule has 0 atom stereocenters. The Hall–Kier alpha value is -0.530. The van der Waals surface area contributed by atoms with E-state index < -0.39 is 0 Å². The van der Waals surface area contributed by atoms with Crippen LogP contribution in [0.1, 0.15) is 25.3 Å². The van der Waals surface area contributed by atoms with Crippen molar-refractivity contribution in [3.63, 3.8) is 0 Å². The molecule has 0 unspecified atom stereocenters. The van der Waals surface area contributed by atoms with Gasteiger partial charge in [-0.3, -0.25) is 0 Å². The monoisotopic (exact) mass is 230 g/mol. The Morgan fingerprint density at radius 1 is 1.36 bits per heavy atom. The molecule has 0 fully saturated rings. The van der Waals surface area contributed by atoms with Crippen LogP contribution in [0.15, 0.2) is 18.2 Å². The predicted molar refractivity (Wildman–Crippen MR) is 60.1 cm³/mol. The van der Waals surface area contributed by atoms with Crippen LogP contribution < -0.4 is 0 Å². The Bertz CT molecular complexity index is 334. The van der Waals surface area contributed by atoms with E-state index in [-0.39, 0.29) is 5.78 Å². The van der Waals surface area contributed by atoms with Crippen LogP contribution in [0.5, 0.6) is 0 Å². The highest BCUT2D eigenvalue weighted by atomic mass is 35.5. The van der Waals surface area contributed by atoms with Crippen LogP contribution in [0.4, 0.5) is 0 Å². The van der Waals surface area contributed by atoms with Crippen molar-refractivity contribution in [2.24, 2.45) is 0 Å². The molecule has 1 aromatic carbocycles. The highest BCUT2D eigenvalue weighted by molar-refractivity contribution is 6.33. The van der Waals surface area contributed by atoms with E-state index in [9.17, 15) is 4.79 Å². The van der Waals surface area contributed by atoms with Crippen LogP contribution in [0.2, 0.25) is 10.0 Å². The zero-order chi connectivity index (χ0) is 10.6. The lowest BCUT2D eigenvalue weighted by molar-refractivity contribution is -0.117. The molecule has 0 radical (unpaired) electrons. The average Bonchev–Trinajstić information content (AvgIpc) is 2.10. The van der Waals surface area contributed by atoms with Gasteiger partial charge in [0.2, 0.25) is 0 Å². The molecule has 0 aliphatic rings. The van der Waals surface area contributed by atoms with Gasteiger partial charge in [0, 0.05) is 16.5 Å². The minimum atomic E-state index is 0.211. The fraction of sp³-hybridized carbons (Fsp3) is 0.364. The number of ketones is 1. The molecule has 0 bridgehead atoms. The number of carbonyl (C=O) groups excluding carboxylic acids is 1. The highest BCUT2D eigenvalue weighted by Gasteiger charge is 2.02. The van der Waals surface area contributed by atoms with E-state index in [0.717, 1.165) is 23.4 Å². The van der Waals surface area contributed by atoms with Crippen LogP contribution in [-0.2, 0) is 11.2 Å². The van der Waals surface area contributed by atoms with Crippen molar-refractivity contribution in [2.75, 3.05) is 0 Å². The molecule has 0 spiro atoms. The van der Waals surface area contributed by atoms with Crippen LogP contribution >= 0.6 is 23.2 Å². The van der Waals surface area contributed by atoms with Crippen LogP contribution in [0.3, 0.4) is 0 Å². The third kappa shape index (κ3) is 3.69. The van der Waals surface area contributed by atoms with Crippen molar-refractivity contribution >= 4 is 29.0 Å². The SMILES string of the molecule is CC(=O)CCCc1cc(Cl)ccc1Cl. The van der Waals surface area contributed by atoms with Gasteiger partial charge >= 0.3 is 0 Å². The van der Waals surface area contributed by atoms with Crippen molar-refractivity contribution < 1.29 is 4.79 Å². The summed E-state index contributed by atoms with van der Waals surface area (Å²) in [7, 11) is 0. The Balaban J connectivity index is 2.57. The summed E-state index contributed by atoms with van der Waals surface area (Å²) in [6.45, 7) is 1.60. The molecule has 1 nitrogen and oxygen atoms in total. The molecule has 1 rings (SSSR count). The minimum absolute atomic E-state index is 0.211. The largest absolute Gasteiger partial charge is 0.300 e. The molecule has 0 saturated heterocycles. The number of Topliss-reactive ketones (excluding diaryl/α,β-unsaturated/α-hetero) is 1. The number of carbonyl (C=O) groups is 1. The van der Waals surface area contributed by atoms with E-state index >= 15 is 0 Å². The summed E-state index contributed by atoms with van der Waals surface area (Å²) in [5, 5.41) is 1.41. The number of benzene rings is 1. The van der Waals surface area contributed by atoms with Gasteiger partial charge in [-0.1, -0.05) is 23.2 Å². The zero-order valence-electron chi connectivity index (χ0n) is 8.02. The van der Waals surface area contributed by atoms with Crippen LogP contribution in [0.25, 0.3) is 0 Å². The highest BCUT2D eigenvalue weighted by Crippen LogP contribution is 2.22. The van der Waals surface area contributed by atoms with Gasteiger partial charge in [-0.25, -0.2) is 0 Å². The number of rotatable bonds is 4. The van der Waals surface area contributed by atoms with Crippen molar-refractivity contribution in [3.05, 3.63) is 33.8 Å². The van der Waals surface area contributed by atoms with E-state index in [2.05, 4.69) is 0 Å². The Kier molecular flexibility index (Phi) is 4.43. The summed E-state index contributed by atoms with van der Waals surface area (Å²) in [6, 6.07) is 5.40. The maximum Gasteiger partial charge on any atom is 0.129 e. The number of hydrogen-bond donors (Lipinski definition) is 0. The van der Waals surface area contributed by atoms with E-state index in [4.69, 9.17) is 23.2 Å². The van der Waals surface area contributed by atoms with Gasteiger partial charge in [0.05, 0.1) is 0 Å². The third-order valence-corrected chi connectivity index (χ3v) is 2.59. The van der Waals surface area contributed by atoms with E-state index in [0.29, 0.717) is 11.4 Å². The van der Waals surface area contributed by atoms with Gasteiger partial charge in [0.1, 0.15) is 5.78 Å². The first-order valence-corrected chi connectivity index (χ1v) is 5.28. The van der Waals surface area contributed by atoms with Crippen LogP contribution in [0, 0.1) is 0 Å². The fourth-order valence-electron chi connectivity index (χ4n) is 1.26. The summed E-state index contributed by atoms with van der Waals surface area (Å²) >= 11 is 11.8. The van der Waals surface area contributed by atoms with Crippen molar-refractivity contribution in [3.8, 4) is 0 Å². The molecule has 0 aliphatic heterocycles. The normalized spacial score (nSPS) is 10.2. The van der Waals surface area contributed by atoms with Crippen molar-refractivity contribution in [2.45, 2.75) is 26.2 Å². The zero-order valence-corrected chi connectivity index (χ0v) is 9.53. The maximum absolute atomic E-state index is 10.7. The van der Waals surface area contributed by atoms with Gasteiger partial charge in [-0.15, -0.1) is 0 Å². The molecular formula is C11H12Cl2O. The van der Waals surface area contributed by atoms with Crippen LogP contribution in [-0.4, -0.2) is 5.78 Å². The molecule has 0 amide bonds. The van der Waals surface area contributed by atoms with Gasteiger partial charge in [0.25, 0.3) is 0 Å². The van der Waals surface area contributed by atoms with Gasteiger partial charge in [-0.05, 0) is 43.5 Å². The Labute approximate surface area is 94.0 Å². The molecular weight excluding hydrogens is 219 g/mol. The Morgan fingerprint density at radius 2 is 2.07 bits per heavy atom. The number of hydrogen-bond acceptors (Lipinski definition) is 1. The topological polar surface area (TPSA) is 17.1 Å². The van der Waals surface area contributed by atoms with Crippen molar-refractivity contribution in [1.82, 2.24) is 0 Å². The first-order valence-electron chi connectivity index (χ1n) is 4.53. The van der Waals surface area contributed by atoms with Gasteiger partial charge in [-0.2, -0.15) is 0 Å². The second-order valence-electron chi connectivity index (χ2n) is 3.29. The molecule has 0 saturated carbocycles. The first kappa shape index (κ1) is 11.5. The second kappa shape index (κ2) is 5.38. The van der Waals surface area contributed by atoms with E-state index in [1.165, 1.54) is 0 Å². The van der Waals surface area contributed by atoms with Crippen molar-refractivity contribution in [1.29, 1.82) is 0 Å². The predicted octanol–water partition coefficient (Wildman–Crippen LogP) is 3.91. The first-order chi connectivity index (χ1) is 6.59. The quantitative estimate of drug-likeness (QED) is 0.767. The Morgan fingerprint density at radius 3 is 2.71 bits per heavy atom. The average molecular weight is 231 g/mol. The summed E-state index contributed by atoms with van der Waals surface area (Å²) in [4.78, 5) is 10.7. The smallest absolute Gasteiger partial charge is 0.129 e. The molecule has 0 aromatic heterocycles. The third-order valence-electron chi connectivity index (χ3n) is 1.98. The molecule has 0 N–H and O–H groups in total. The molecule has 14 heavy (non-hydrogen) atoms. The lowest BCUT2D eigenvalue weighted by atomic mass is 10.1. The van der Waals surface area contributed by atoms with Gasteiger partial charge < -0.3 is 4.79 Å². The lowest BCUT2D eigenvalue weighted by Crippen LogP contribution is -1.93. The summed E-state index contributed by atoms with van der Waals surface area (Å²) in [5.74, 6) is 0.211. The second-order valence-corrected chi connectivity index (χ2v) is 4.13. The number of aryl methyl sites for hydroxylation is 1. The summed E-state index contributed by atoms with van der Waals surface area (Å²) in [6.07, 6.45) is 2.23. The maximum atomic E-state index is 10.7. The van der Waals surface area contributed by atoms with E-state index in [1.807, 2.05) is 6.07 Å². The molecule has 1 aromatic rings. The fourth-order valence-corrected chi connectivity index (χ4v) is 1.67. The standard InChI is InChI=1S/C11H12Cl2O/c1-8(14)3-2-4-9-7-10(12)5-6-11(9)13/h5-7H,2-4H2,1H3. The minimum Gasteiger partial charge on any atom is -0.300 e.